The Labute approximate surface area is 66.7 Å². The fourth-order valence-electron chi connectivity index (χ4n) is 0.515. The Hall–Kier alpha value is -0.410. The highest BCUT2D eigenvalue weighted by Gasteiger charge is 2.23. The third kappa shape index (κ3) is 4.11. The first-order valence-electron chi connectivity index (χ1n) is 3.54. The lowest BCUT2D eigenvalue weighted by atomic mass is 9.95. The Kier molecular flexibility index (Phi) is 5.07. The van der Waals surface area contributed by atoms with E-state index in [0.29, 0.717) is 6.61 Å². The molecule has 1 unspecified atom stereocenters. The third-order valence-corrected chi connectivity index (χ3v) is 1.39. The summed E-state index contributed by atoms with van der Waals surface area (Å²) >= 11 is 0. The van der Waals surface area contributed by atoms with Gasteiger partial charge in [0, 0.05) is 5.41 Å². The highest BCUT2D eigenvalue weighted by molar-refractivity contribution is 4.73. The Balaban J connectivity index is 3.59. The zero-order chi connectivity index (χ0) is 8.74. The van der Waals surface area contributed by atoms with Gasteiger partial charge in [-0.15, -0.1) is 6.58 Å². The van der Waals surface area contributed by atoms with Gasteiger partial charge in [0.05, 0.1) is 26.5 Å². The van der Waals surface area contributed by atoms with Crippen LogP contribution in [-0.4, -0.2) is 31.6 Å². The molecule has 0 saturated heterocycles. The normalized spacial score (nSPS) is 15.9. The molecule has 2 nitrogen and oxygen atoms in total. The van der Waals surface area contributed by atoms with Crippen LogP contribution in [0.2, 0.25) is 0 Å². The summed E-state index contributed by atoms with van der Waals surface area (Å²) in [5.41, 5.74) is -0.747. The number of hydrogen-bond donors (Lipinski definition) is 1. The van der Waals surface area contributed by atoms with Crippen LogP contribution in [0.5, 0.6) is 0 Å². The largest absolute Gasteiger partial charge is 0.396 e. The predicted octanol–water partition coefficient (Wildman–Crippen LogP) is 1.16. The maximum Gasteiger partial charge on any atom is 0.0992 e. The van der Waals surface area contributed by atoms with Crippen molar-refractivity contribution in [1.29, 1.82) is 0 Å². The summed E-state index contributed by atoms with van der Waals surface area (Å²) in [5, 5.41) is 8.74. The first kappa shape index (κ1) is 10.6. The van der Waals surface area contributed by atoms with Gasteiger partial charge >= 0.3 is 0 Å². The molecule has 0 aliphatic rings. The molecular formula is C8H15FO2. The van der Waals surface area contributed by atoms with Crippen molar-refractivity contribution in [3.8, 4) is 0 Å². The van der Waals surface area contributed by atoms with Crippen molar-refractivity contribution in [2.24, 2.45) is 5.41 Å². The summed E-state index contributed by atoms with van der Waals surface area (Å²) in [6.07, 6.45) is 1.59. The lowest BCUT2D eigenvalue weighted by Crippen LogP contribution is -2.29. The molecule has 0 spiro atoms. The van der Waals surface area contributed by atoms with E-state index in [-0.39, 0.29) is 13.2 Å². The third-order valence-electron chi connectivity index (χ3n) is 1.39. The van der Waals surface area contributed by atoms with Gasteiger partial charge in [0.2, 0.25) is 0 Å². The minimum atomic E-state index is -0.747. The van der Waals surface area contributed by atoms with Gasteiger partial charge in [0.1, 0.15) is 0 Å². The summed E-state index contributed by atoms with van der Waals surface area (Å²) in [4.78, 5) is 0. The van der Waals surface area contributed by atoms with Gasteiger partial charge in [-0.05, 0) is 0 Å². The van der Waals surface area contributed by atoms with Crippen LogP contribution in [0, 0.1) is 5.41 Å². The minimum absolute atomic E-state index is 0.194. The molecule has 3 heteroatoms. The standard InChI is InChI=1S/C8H15FO2/c1-3-4-11-7-8(2,5-9)6-10/h3,10H,1,4-7H2,2H3. The number of alkyl halides is 1. The second-order valence-electron chi connectivity index (χ2n) is 2.91. The van der Waals surface area contributed by atoms with E-state index in [2.05, 4.69) is 6.58 Å². The topological polar surface area (TPSA) is 29.5 Å². The van der Waals surface area contributed by atoms with E-state index in [1.54, 1.807) is 13.0 Å². The molecule has 0 aromatic carbocycles. The van der Waals surface area contributed by atoms with E-state index >= 15 is 0 Å². The van der Waals surface area contributed by atoms with Crippen LogP contribution in [0.3, 0.4) is 0 Å². The Morgan fingerprint density at radius 2 is 2.36 bits per heavy atom. The number of halogens is 1. The van der Waals surface area contributed by atoms with E-state index in [1.807, 2.05) is 0 Å². The van der Waals surface area contributed by atoms with Crippen molar-refractivity contribution in [3.05, 3.63) is 12.7 Å². The number of aliphatic hydroxyl groups excluding tert-OH is 1. The second-order valence-corrected chi connectivity index (χ2v) is 2.91. The van der Waals surface area contributed by atoms with E-state index in [9.17, 15) is 4.39 Å². The number of ether oxygens (including phenoxy) is 1. The average molecular weight is 162 g/mol. The van der Waals surface area contributed by atoms with Crippen molar-refractivity contribution in [2.45, 2.75) is 6.92 Å². The van der Waals surface area contributed by atoms with Crippen molar-refractivity contribution >= 4 is 0 Å². The maximum absolute atomic E-state index is 12.2. The smallest absolute Gasteiger partial charge is 0.0992 e. The van der Waals surface area contributed by atoms with Crippen LogP contribution in [0.4, 0.5) is 4.39 Å². The summed E-state index contributed by atoms with van der Waals surface area (Å²) in [7, 11) is 0. The molecule has 0 rings (SSSR count). The average Bonchev–Trinajstić information content (AvgIpc) is 2.05. The molecule has 1 N–H and O–H groups in total. The molecule has 0 aliphatic carbocycles. The minimum Gasteiger partial charge on any atom is -0.396 e. The highest BCUT2D eigenvalue weighted by atomic mass is 19.1. The molecule has 66 valence electrons. The first-order valence-corrected chi connectivity index (χ1v) is 3.54. The van der Waals surface area contributed by atoms with Gasteiger partial charge in [-0.1, -0.05) is 13.0 Å². The summed E-state index contributed by atoms with van der Waals surface area (Å²) in [6.45, 7) is 4.95. The van der Waals surface area contributed by atoms with E-state index in [0.717, 1.165) is 0 Å². The van der Waals surface area contributed by atoms with Crippen LogP contribution in [-0.2, 0) is 4.74 Å². The summed E-state index contributed by atoms with van der Waals surface area (Å²) in [6, 6.07) is 0. The van der Waals surface area contributed by atoms with Gasteiger partial charge in [0.15, 0.2) is 0 Å². The quantitative estimate of drug-likeness (QED) is 0.469. The van der Waals surface area contributed by atoms with Gasteiger partial charge in [-0.3, -0.25) is 4.39 Å². The monoisotopic (exact) mass is 162 g/mol. The van der Waals surface area contributed by atoms with Crippen LogP contribution in [0.25, 0.3) is 0 Å². The summed E-state index contributed by atoms with van der Waals surface area (Å²) < 4.78 is 17.2. The molecule has 0 fully saturated rings. The van der Waals surface area contributed by atoms with Gasteiger partial charge in [0.25, 0.3) is 0 Å². The predicted molar refractivity (Wildman–Crippen MR) is 42.2 cm³/mol. The summed E-state index contributed by atoms with van der Waals surface area (Å²) in [5.74, 6) is 0. The van der Waals surface area contributed by atoms with Crippen molar-refractivity contribution in [2.75, 3.05) is 26.5 Å². The number of rotatable bonds is 6. The van der Waals surface area contributed by atoms with Crippen molar-refractivity contribution in [1.82, 2.24) is 0 Å². The molecule has 1 atom stereocenters. The molecule has 0 saturated carbocycles. The van der Waals surface area contributed by atoms with Gasteiger partial charge in [-0.25, -0.2) is 0 Å². The van der Waals surface area contributed by atoms with E-state index in [1.165, 1.54) is 0 Å². The lowest BCUT2D eigenvalue weighted by Gasteiger charge is -2.22. The van der Waals surface area contributed by atoms with Gasteiger partial charge in [-0.2, -0.15) is 0 Å². The number of aliphatic hydroxyl groups is 1. The number of hydrogen-bond acceptors (Lipinski definition) is 2. The lowest BCUT2D eigenvalue weighted by molar-refractivity contribution is 0.0130. The fraction of sp³-hybridized carbons (Fsp3) is 0.750. The SMILES string of the molecule is C=CCOCC(C)(CO)CF. The van der Waals surface area contributed by atoms with E-state index < -0.39 is 12.1 Å². The Morgan fingerprint density at radius 1 is 1.73 bits per heavy atom. The van der Waals surface area contributed by atoms with Crippen LogP contribution in [0.15, 0.2) is 12.7 Å². The highest BCUT2D eigenvalue weighted by Crippen LogP contribution is 2.15. The molecule has 0 heterocycles. The second kappa shape index (κ2) is 5.27. The first-order chi connectivity index (χ1) is 5.18. The van der Waals surface area contributed by atoms with Crippen molar-refractivity contribution in [3.63, 3.8) is 0 Å². The molecule has 0 aromatic heterocycles. The zero-order valence-corrected chi connectivity index (χ0v) is 6.85. The Bertz CT molecular complexity index is 111. The molecule has 0 aliphatic heterocycles. The molecule has 0 aromatic rings. The molecular weight excluding hydrogens is 147 g/mol. The van der Waals surface area contributed by atoms with Crippen LogP contribution < -0.4 is 0 Å². The van der Waals surface area contributed by atoms with Crippen molar-refractivity contribution < 1.29 is 14.2 Å². The maximum atomic E-state index is 12.2. The Morgan fingerprint density at radius 3 is 2.73 bits per heavy atom. The van der Waals surface area contributed by atoms with Crippen LogP contribution in [0.1, 0.15) is 6.92 Å². The molecule has 11 heavy (non-hydrogen) atoms. The molecule has 0 radical (unpaired) electrons. The zero-order valence-electron chi connectivity index (χ0n) is 6.85. The van der Waals surface area contributed by atoms with E-state index in [4.69, 9.17) is 9.84 Å². The molecule has 0 amide bonds. The fourth-order valence-corrected chi connectivity index (χ4v) is 0.515. The van der Waals surface area contributed by atoms with Gasteiger partial charge < -0.3 is 9.84 Å². The van der Waals surface area contributed by atoms with Crippen LogP contribution >= 0.6 is 0 Å². The molecule has 0 bridgehead atoms.